The second-order valence-electron chi connectivity index (χ2n) is 5.73. The second kappa shape index (κ2) is 6.61. The summed E-state index contributed by atoms with van der Waals surface area (Å²) in [5.41, 5.74) is 0.993. The molecule has 5 nitrogen and oxygen atoms in total. The third kappa shape index (κ3) is 3.74. The van der Waals surface area contributed by atoms with E-state index in [0.717, 1.165) is 11.3 Å². The molecule has 1 aromatic carbocycles. The molecule has 0 radical (unpaired) electrons. The summed E-state index contributed by atoms with van der Waals surface area (Å²) >= 11 is 0. The van der Waals surface area contributed by atoms with Crippen LogP contribution in [-0.2, 0) is 16.1 Å². The summed E-state index contributed by atoms with van der Waals surface area (Å²) < 4.78 is 5.13. The van der Waals surface area contributed by atoms with Gasteiger partial charge in [0, 0.05) is 6.54 Å². The van der Waals surface area contributed by atoms with Crippen molar-refractivity contribution in [1.29, 1.82) is 0 Å². The van der Waals surface area contributed by atoms with Gasteiger partial charge in [-0.2, -0.15) is 0 Å². The lowest BCUT2D eigenvalue weighted by atomic mass is 9.99. The number of methoxy groups -OCH3 is 1. The molecule has 1 fully saturated rings. The van der Waals surface area contributed by atoms with Crippen molar-refractivity contribution >= 4 is 11.8 Å². The Morgan fingerprint density at radius 3 is 2.52 bits per heavy atom. The number of benzene rings is 1. The van der Waals surface area contributed by atoms with Crippen LogP contribution in [0.3, 0.4) is 0 Å². The van der Waals surface area contributed by atoms with Crippen molar-refractivity contribution < 1.29 is 14.3 Å². The van der Waals surface area contributed by atoms with Gasteiger partial charge in [-0.3, -0.25) is 9.59 Å². The zero-order valence-electron chi connectivity index (χ0n) is 12.8. The van der Waals surface area contributed by atoms with Crippen molar-refractivity contribution in [3.05, 3.63) is 29.8 Å². The van der Waals surface area contributed by atoms with Crippen molar-refractivity contribution in [1.82, 2.24) is 10.2 Å². The average Bonchev–Trinajstić information content (AvgIpc) is 2.47. The summed E-state index contributed by atoms with van der Waals surface area (Å²) in [4.78, 5) is 25.9. The lowest BCUT2D eigenvalue weighted by Gasteiger charge is -2.36. The maximum Gasteiger partial charge on any atom is 0.243 e. The molecular weight excluding hydrogens is 268 g/mol. The minimum absolute atomic E-state index is 0.0314. The number of amides is 2. The number of nitrogens with one attached hydrogen (secondary N) is 1. The Morgan fingerprint density at radius 2 is 1.95 bits per heavy atom. The summed E-state index contributed by atoms with van der Waals surface area (Å²) in [6.45, 7) is 4.65. The Kier molecular flexibility index (Phi) is 4.83. The Morgan fingerprint density at radius 1 is 1.29 bits per heavy atom. The van der Waals surface area contributed by atoms with Gasteiger partial charge >= 0.3 is 0 Å². The van der Waals surface area contributed by atoms with Crippen LogP contribution in [0.4, 0.5) is 0 Å². The van der Waals surface area contributed by atoms with E-state index in [4.69, 9.17) is 4.74 Å². The van der Waals surface area contributed by atoms with Crippen molar-refractivity contribution in [2.24, 2.45) is 5.92 Å². The van der Waals surface area contributed by atoms with Gasteiger partial charge in [-0.1, -0.05) is 26.0 Å². The van der Waals surface area contributed by atoms with Crippen molar-refractivity contribution in [3.8, 4) is 5.75 Å². The van der Waals surface area contributed by atoms with Gasteiger partial charge in [-0.25, -0.2) is 0 Å². The molecule has 0 spiro atoms. The van der Waals surface area contributed by atoms with Crippen LogP contribution in [0.2, 0.25) is 0 Å². The Balaban J connectivity index is 2.15. The lowest BCUT2D eigenvalue weighted by Crippen LogP contribution is -2.58. The number of carbonyl (C=O) groups is 2. The molecular formula is C16H22N2O3. The van der Waals surface area contributed by atoms with Crippen LogP contribution in [0.25, 0.3) is 0 Å². The molecule has 1 N–H and O–H groups in total. The highest BCUT2D eigenvalue weighted by molar-refractivity contribution is 5.94. The van der Waals surface area contributed by atoms with Crippen LogP contribution in [0, 0.1) is 5.92 Å². The zero-order chi connectivity index (χ0) is 15.4. The smallest absolute Gasteiger partial charge is 0.243 e. The van der Waals surface area contributed by atoms with Gasteiger partial charge in [-0.15, -0.1) is 0 Å². The molecule has 1 aromatic rings. The van der Waals surface area contributed by atoms with E-state index < -0.39 is 0 Å². The van der Waals surface area contributed by atoms with Gasteiger partial charge in [-0.05, 0) is 30.0 Å². The Hall–Kier alpha value is -2.04. The molecule has 5 heteroatoms. The molecule has 0 aromatic heterocycles. The standard InChI is InChI=1S/C16H22N2O3/c1-11(2)8-14-16(20)17-9-15(19)18(14)10-12-4-6-13(21-3)7-5-12/h4-7,11,14H,8-10H2,1-3H3,(H,17,20)/t14-/m1/s1. The topological polar surface area (TPSA) is 58.6 Å². The summed E-state index contributed by atoms with van der Waals surface area (Å²) in [6.07, 6.45) is 0.674. The van der Waals surface area contributed by atoms with E-state index in [1.807, 2.05) is 24.3 Å². The fourth-order valence-corrected chi connectivity index (χ4v) is 2.50. The molecule has 0 saturated carbocycles. The van der Waals surface area contributed by atoms with E-state index in [0.29, 0.717) is 18.9 Å². The minimum atomic E-state index is -0.381. The molecule has 1 heterocycles. The maximum absolute atomic E-state index is 12.1. The second-order valence-corrected chi connectivity index (χ2v) is 5.73. The van der Waals surface area contributed by atoms with E-state index in [9.17, 15) is 9.59 Å². The number of hydrogen-bond donors (Lipinski definition) is 1. The van der Waals surface area contributed by atoms with E-state index >= 15 is 0 Å². The highest BCUT2D eigenvalue weighted by Crippen LogP contribution is 2.19. The fraction of sp³-hybridized carbons (Fsp3) is 0.500. The quantitative estimate of drug-likeness (QED) is 0.895. The molecule has 114 valence electrons. The van der Waals surface area contributed by atoms with Crippen LogP contribution in [0.1, 0.15) is 25.8 Å². The Bertz CT molecular complexity index is 511. The van der Waals surface area contributed by atoms with Gasteiger partial charge in [0.2, 0.25) is 11.8 Å². The maximum atomic E-state index is 12.1. The number of rotatable bonds is 5. The van der Waals surface area contributed by atoms with E-state index in [1.54, 1.807) is 12.0 Å². The molecule has 0 bridgehead atoms. The van der Waals surface area contributed by atoms with Gasteiger partial charge in [0.25, 0.3) is 0 Å². The van der Waals surface area contributed by atoms with Crippen LogP contribution < -0.4 is 10.1 Å². The highest BCUT2D eigenvalue weighted by Gasteiger charge is 2.34. The SMILES string of the molecule is COc1ccc(CN2C(=O)CNC(=O)[C@H]2CC(C)C)cc1. The van der Waals surface area contributed by atoms with Gasteiger partial charge in [0.1, 0.15) is 11.8 Å². The van der Waals surface area contributed by atoms with Gasteiger partial charge in [0.15, 0.2) is 0 Å². The van der Waals surface area contributed by atoms with E-state index in [1.165, 1.54) is 0 Å². The number of ether oxygens (including phenoxy) is 1. The molecule has 2 rings (SSSR count). The first-order valence-corrected chi connectivity index (χ1v) is 7.21. The first-order valence-electron chi connectivity index (χ1n) is 7.21. The Labute approximate surface area is 125 Å². The summed E-state index contributed by atoms with van der Waals surface area (Å²) in [5.74, 6) is 1.04. The van der Waals surface area contributed by atoms with Crippen molar-refractivity contribution in [3.63, 3.8) is 0 Å². The first-order chi connectivity index (χ1) is 10.0. The fourth-order valence-electron chi connectivity index (χ4n) is 2.50. The summed E-state index contributed by atoms with van der Waals surface area (Å²) in [5, 5.41) is 2.67. The minimum Gasteiger partial charge on any atom is -0.497 e. The largest absolute Gasteiger partial charge is 0.497 e. The number of carbonyl (C=O) groups excluding carboxylic acids is 2. The molecule has 2 amide bonds. The summed E-state index contributed by atoms with van der Waals surface area (Å²) in [6, 6.07) is 7.19. The normalized spacial score (nSPS) is 18.9. The molecule has 0 aliphatic carbocycles. The third-order valence-electron chi connectivity index (χ3n) is 3.62. The van der Waals surface area contributed by atoms with Gasteiger partial charge in [0.05, 0.1) is 13.7 Å². The predicted molar refractivity (Wildman–Crippen MR) is 79.8 cm³/mol. The number of piperazine rings is 1. The molecule has 0 unspecified atom stereocenters. The average molecular weight is 290 g/mol. The molecule has 1 aliphatic rings. The van der Waals surface area contributed by atoms with E-state index in [-0.39, 0.29) is 24.4 Å². The third-order valence-corrected chi connectivity index (χ3v) is 3.62. The van der Waals surface area contributed by atoms with Crippen LogP contribution in [0.5, 0.6) is 5.75 Å². The predicted octanol–water partition coefficient (Wildman–Crippen LogP) is 1.57. The van der Waals surface area contributed by atoms with Crippen LogP contribution in [-0.4, -0.2) is 36.4 Å². The van der Waals surface area contributed by atoms with E-state index in [2.05, 4.69) is 19.2 Å². The molecule has 1 aliphatic heterocycles. The monoisotopic (exact) mass is 290 g/mol. The zero-order valence-corrected chi connectivity index (χ0v) is 12.8. The highest BCUT2D eigenvalue weighted by atomic mass is 16.5. The molecule has 1 atom stereocenters. The molecule has 21 heavy (non-hydrogen) atoms. The number of nitrogens with zero attached hydrogens (tertiary/aromatic N) is 1. The summed E-state index contributed by atoms with van der Waals surface area (Å²) in [7, 11) is 1.62. The van der Waals surface area contributed by atoms with Crippen molar-refractivity contribution in [2.45, 2.75) is 32.9 Å². The first kappa shape index (κ1) is 15.4. The van der Waals surface area contributed by atoms with Crippen molar-refractivity contribution in [2.75, 3.05) is 13.7 Å². The molecule has 1 saturated heterocycles. The number of hydrogen-bond acceptors (Lipinski definition) is 3. The van der Waals surface area contributed by atoms with Crippen LogP contribution >= 0.6 is 0 Å². The van der Waals surface area contributed by atoms with Gasteiger partial charge < -0.3 is 15.0 Å². The van der Waals surface area contributed by atoms with Crippen LogP contribution in [0.15, 0.2) is 24.3 Å². The lowest BCUT2D eigenvalue weighted by molar-refractivity contribution is -0.146.